The van der Waals surface area contributed by atoms with Crippen LogP contribution in [0.5, 0.6) is 0 Å². The van der Waals surface area contributed by atoms with Crippen LogP contribution in [0.3, 0.4) is 0 Å². The SMILES string of the molecule is C[C@@H](NC(=O)c1ccc(Cl)c([N+](=O)[O-])c1)[C@@H]1C[C@@H]2CC[C@@H]1C2. The molecule has 118 valence electrons. The lowest BCUT2D eigenvalue weighted by Crippen LogP contribution is -2.40. The van der Waals surface area contributed by atoms with E-state index in [1.807, 2.05) is 6.92 Å². The zero-order valence-electron chi connectivity index (χ0n) is 12.4. The quantitative estimate of drug-likeness (QED) is 0.677. The molecule has 1 aromatic carbocycles. The molecule has 0 heterocycles. The van der Waals surface area contributed by atoms with Crippen molar-refractivity contribution in [2.24, 2.45) is 17.8 Å². The van der Waals surface area contributed by atoms with Gasteiger partial charge in [0.2, 0.25) is 0 Å². The molecule has 0 aliphatic heterocycles. The van der Waals surface area contributed by atoms with Gasteiger partial charge in [-0.3, -0.25) is 14.9 Å². The molecule has 3 rings (SSSR count). The first-order valence-corrected chi connectivity index (χ1v) is 8.08. The van der Waals surface area contributed by atoms with Crippen LogP contribution >= 0.6 is 11.6 Å². The summed E-state index contributed by atoms with van der Waals surface area (Å²) in [4.78, 5) is 22.7. The zero-order valence-corrected chi connectivity index (χ0v) is 13.2. The lowest BCUT2D eigenvalue weighted by atomic mass is 9.84. The van der Waals surface area contributed by atoms with E-state index in [0.29, 0.717) is 5.92 Å². The van der Waals surface area contributed by atoms with Gasteiger partial charge in [-0.25, -0.2) is 0 Å². The minimum atomic E-state index is -0.571. The molecule has 0 aromatic heterocycles. The smallest absolute Gasteiger partial charge is 0.288 e. The summed E-state index contributed by atoms with van der Waals surface area (Å²) in [5.74, 6) is 1.81. The second kappa shape index (κ2) is 5.88. The number of nitro benzene ring substituents is 1. The van der Waals surface area contributed by atoms with Gasteiger partial charge >= 0.3 is 0 Å². The summed E-state index contributed by atoms with van der Waals surface area (Å²) in [6, 6.07) is 4.26. The van der Waals surface area contributed by atoms with Crippen LogP contribution in [0.25, 0.3) is 0 Å². The minimum absolute atomic E-state index is 0.0442. The zero-order chi connectivity index (χ0) is 15.9. The maximum absolute atomic E-state index is 12.3. The Hall–Kier alpha value is -1.62. The van der Waals surface area contributed by atoms with Gasteiger partial charge in [0.15, 0.2) is 0 Å². The molecule has 2 aliphatic carbocycles. The number of rotatable bonds is 4. The van der Waals surface area contributed by atoms with E-state index in [2.05, 4.69) is 5.32 Å². The van der Waals surface area contributed by atoms with Crippen molar-refractivity contribution in [2.75, 3.05) is 0 Å². The monoisotopic (exact) mass is 322 g/mol. The van der Waals surface area contributed by atoms with Crippen molar-refractivity contribution in [1.82, 2.24) is 5.32 Å². The molecule has 1 aromatic rings. The summed E-state index contributed by atoms with van der Waals surface area (Å²) in [5.41, 5.74) is 0.0491. The number of amides is 1. The molecule has 2 fully saturated rings. The molecule has 6 heteroatoms. The van der Waals surface area contributed by atoms with Gasteiger partial charge in [0, 0.05) is 17.7 Å². The van der Waals surface area contributed by atoms with E-state index in [-0.39, 0.29) is 28.2 Å². The van der Waals surface area contributed by atoms with Crippen LogP contribution in [0.15, 0.2) is 18.2 Å². The van der Waals surface area contributed by atoms with Crippen molar-refractivity contribution in [1.29, 1.82) is 0 Å². The largest absolute Gasteiger partial charge is 0.349 e. The topological polar surface area (TPSA) is 72.2 Å². The molecule has 1 amide bonds. The maximum atomic E-state index is 12.3. The molecule has 22 heavy (non-hydrogen) atoms. The second-order valence-corrected chi connectivity index (χ2v) is 6.93. The van der Waals surface area contributed by atoms with E-state index in [4.69, 9.17) is 11.6 Å². The Balaban J connectivity index is 1.69. The summed E-state index contributed by atoms with van der Waals surface area (Å²) in [6.07, 6.45) is 5.07. The summed E-state index contributed by atoms with van der Waals surface area (Å²) < 4.78 is 0. The molecule has 0 unspecified atom stereocenters. The number of hydrogen-bond donors (Lipinski definition) is 1. The van der Waals surface area contributed by atoms with E-state index in [1.54, 1.807) is 0 Å². The Kier molecular flexibility index (Phi) is 4.08. The number of carbonyl (C=O) groups excluding carboxylic acids is 1. The lowest BCUT2D eigenvalue weighted by molar-refractivity contribution is -0.384. The fourth-order valence-electron chi connectivity index (χ4n) is 4.10. The molecular weight excluding hydrogens is 304 g/mol. The number of fused-ring (bicyclic) bond motifs is 2. The summed E-state index contributed by atoms with van der Waals surface area (Å²) >= 11 is 5.77. The molecule has 1 N–H and O–H groups in total. The summed E-state index contributed by atoms with van der Waals surface area (Å²) in [6.45, 7) is 2.04. The molecule has 0 spiro atoms. The number of nitrogens with zero attached hydrogens (tertiary/aromatic N) is 1. The number of hydrogen-bond acceptors (Lipinski definition) is 3. The first kappa shape index (κ1) is 15.3. The van der Waals surface area contributed by atoms with E-state index in [0.717, 1.165) is 11.8 Å². The Labute approximate surface area is 134 Å². The van der Waals surface area contributed by atoms with Crippen molar-refractivity contribution < 1.29 is 9.72 Å². The van der Waals surface area contributed by atoms with Gasteiger partial charge in [-0.05, 0) is 56.1 Å². The van der Waals surface area contributed by atoms with Gasteiger partial charge in [0.05, 0.1) is 4.92 Å². The minimum Gasteiger partial charge on any atom is -0.349 e. The van der Waals surface area contributed by atoms with Crippen molar-refractivity contribution in [3.8, 4) is 0 Å². The highest BCUT2D eigenvalue weighted by Crippen LogP contribution is 2.49. The highest BCUT2D eigenvalue weighted by Gasteiger charge is 2.42. The fraction of sp³-hybridized carbons (Fsp3) is 0.562. The molecule has 5 nitrogen and oxygen atoms in total. The predicted octanol–water partition coefficient (Wildman–Crippen LogP) is 3.80. The van der Waals surface area contributed by atoms with E-state index < -0.39 is 4.92 Å². The molecule has 0 saturated heterocycles. The van der Waals surface area contributed by atoms with E-state index in [1.165, 1.54) is 43.9 Å². The highest BCUT2D eigenvalue weighted by atomic mass is 35.5. The first-order valence-electron chi connectivity index (χ1n) is 7.70. The van der Waals surface area contributed by atoms with Crippen molar-refractivity contribution >= 4 is 23.2 Å². The Bertz CT molecular complexity index is 619. The van der Waals surface area contributed by atoms with Crippen LogP contribution in [0.2, 0.25) is 5.02 Å². The normalized spacial score (nSPS) is 27.6. The Morgan fingerprint density at radius 3 is 2.77 bits per heavy atom. The van der Waals surface area contributed by atoms with Crippen molar-refractivity contribution in [3.05, 3.63) is 38.9 Å². The molecule has 2 aliphatic rings. The van der Waals surface area contributed by atoms with Crippen molar-refractivity contribution in [3.63, 3.8) is 0 Å². The fourth-order valence-corrected chi connectivity index (χ4v) is 4.28. The van der Waals surface area contributed by atoms with Gasteiger partial charge in [-0.15, -0.1) is 0 Å². The predicted molar refractivity (Wildman–Crippen MR) is 84.0 cm³/mol. The van der Waals surface area contributed by atoms with Gasteiger partial charge in [0.25, 0.3) is 11.6 Å². The van der Waals surface area contributed by atoms with Crippen LogP contribution in [-0.4, -0.2) is 16.9 Å². The summed E-state index contributed by atoms with van der Waals surface area (Å²) in [5, 5.41) is 14.0. The van der Waals surface area contributed by atoms with Crippen LogP contribution in [0.4, 0.5) is 5.69 Å². The molecule has 4 atom stereocenters. The van der Waals surface area contributed by atoms with E-state index in [9.17, 15) is 14.9 Å². The number of benzene rings is 1. The Morgan fingerprint density at radius 1 is 1.41 bits per heavy atom. The Morgan fingerprint density at radius 2 is 2.18 bits per heavy atom. The van der Waals surface area contributed by atoms with Gasteiger partial charge in [-0.2, -0.15) is 0 Å². The molecule has 2 bridgehead atoms. The average Bonchev–Trinajstić information content (AvgIpc) is 3.09. The standard InChI is InChI=1S/C16H19ClN2O3/c1-9(13-7-10-2-3-11(13)6-10)18-16(20)12-4-5-14(17)15(8-12)19(21)22/h4-5,8-11,13H,2-3,6-7H2,1H3,(H,18,20)/t9-,10-,11-,13+/m1/s1. The average molecular weight is 323 g/mol. The first-order chi connectivity index (χ1) is 10.5. The molecular formula is C16H19ClN2O3. The van der Waals surface area contributed by atoms with Crippen LogP contribution in [-0.2, 0) is 0 Å². The number of nitro groups is 1. The van der Waals surface area contributed by atoms with Crippen LogP contribution < -0.4 is 5.32 Å². The third kappa shape index (κ3) is 2.82. The summed E-state index contributed by atoms with van der Waals surface area (Å²) in [7, 11) is 0. The number of carbonyl (C=O) groups is 1. The number of halogens is 1. The molecule has 2 saturated carbocycles. The third-order valence-electron chi connectivity index (χ3n) is 5.20. The maximum Gasteiger partial charge on any atom is 0.288 e. The lowest BCUT2D eigenvalue weighted by Gasteiger charge is -2.28. The second-order valence-electron chi connectivity index (χ2n) is 6.52. The van der Waals surface area contributed by atoms with Crippen LogP contribution in [0.1, 0.15) is 43.0 Å². The van der Waals surface area contributed by atoms with Gasteiger partial charge in [-0.1, -0.05) is 18.0 Å². The molecule has 0 radical (unpaired) electrons. The highest BCUT2D eigenvalue weighted by molar-refractivity contribution is 6.32. The van der Waals surface area contributed by atoms with Gasteiger partial charge in [0.1, 0.15) is 5.02 Å². The van der Waals surface area contributed by atoms with E-state index >= 15 is 0 Å². The third-order valence-corrected chi connectivity index (χ3v) is 5.52. The van der Waals surface area contributed by atoms with Crippen LogP contribution in [0, 0.1) is 27.9 Å². The number of nitrogens with one attached hydrogen (secondary N) is 1. The van der Waals surface area contributed by atoms with Crippen molar-refractivity contribution in [2.45, 2.75) is 38.6 Å². The van der Waals surface area contributed by atoms with Gasteiger partial charge < -0.3 is 5.32 Å².